The molecule has 112 valence electrons. The minimum Gasteiger partial charge on any atom is -0.495 e. The second-order valence-electron chi connectivity index (χ2n) is 4.96. The maximum atomic E-state index is 12.6. The number of nitrogen functional groups attached to an aromatic ring is 1. The molecule has 0 radical (unpaired) electrons. The Labute approximate surface area is 119 Å². The lowest BCUT2D eigenvalue weighted by Gasteiger charge is -2.31. The summed E-state index contributed by atoms with van der Waals surface area (Å²) in [6.07, 6.45) is 1.62. The van der Waals surface area contributed by atoms with Crippen LogP contribution in [0.1, 0.15) is 12.8 Å². The van der Waals surface area contributed by atoms with Gasteiger partial charge in [-0.25, -0.2) is 8.42 Å². The van der Waals surface area contributed by atoms with Crippen LogP contribution in [0, 0.1) is 5.92 Å². The summed E-state index contributed by atoms with van der Waals surface area (Å²) >= 11 is 0. The summed E-state index contributed by atoms with van der Waals surface area (Å²) in [6.45, 7) is 0.841. The van der Waals surface area contributed by atoms with Gasteiger partial charge < -0.3 is 15.6 Å². The fourth-order valence-corrected chi connectivity index (χ4v) is 3.97. The van der Waals surface area contributed by atoms with Gasteiger partial charge in [-0.2, -0.15) is 4.31 Å². The molecule has 0 amide bonds. The number of aliphatic hydroxyl groups is 1. The molecule has 1 atom stereocenters. The van der Waals surface area contributed by atoms with Gasteiger partial charge in [0.1, 0.15) is 5.75 Å². The summed E-state index contributed by atoms with van der Waals surface area (Å²) in [6, 6.07) is 4.45. The number of hydrogen-bond donors (Lipinski definition) is 2. The maximum Gasteiger partial charge on any atom is 0.243 e. The predicted molar refractivity (Wildman–Crippen MR) is 76.0 cm³/mol. The second-order valence-corrected chi connectivity index (χ2v) is 6.90. The lowest BCUT2D eigenvalue weighted by molar-refractivity contribution is 0.165. The van der Waals surface area contributed by atoms with Gasteiger partial charge in [-0.1, -0.05) is 0 Å². The summed E-state index contributed by atoms with van der Waals surface area (Å²) in [5, 5.41) is 9.21. The number of piperidine rings is 1. The van der Waals surface area contributed by atoms with E-state index in [0.29, 0.717) is 24.5 Å². The van der Waals surface area contributed by atoms with Gasteiger partial charge in [-0.05, 0) is 30.9 Å². The Hall–Kier alpha value is -1.31. The molecular weight excluding hydrogens is 280 g/mol. The normalized spacial score (nSPS) is 20.8. The van der Waals surface area contributed by atoms with Crippen LogP contribution in [0.25, 0.3) is 0 Å². The van der Waals surface area contributed by atoms with Crippen LogP contribution in [0.3, 0.4) is 0 Å². The van der Waals surface area contributed by atoms with Crippen molar-refractivity contribution in [3.63, 3.8) is 0 Å². The monoisotopic (exact) mass is 300 g/mol. The quantitative estimate of drug-likeness (QED) is 0.797. The number of hydrogen-bond acceptors (Lipinski definition) is 5. The number of anilines is 1. The topological polar surface area (TPSA) is 92.9 Å². The Morgan fingerprint density at radius 3 is 2.90 bits per heavy atom. The van der Waals surface area contributed by atoms with E-state index in [1.165, 1.54) is 29.6 Å². The highest BCUT2D eigenvalue weighted by Gasteiger charge is 2.30. The molecule has 1 saturated heterocycles. The first-order valence-corrected chi connectivity index (χ1v) is 7.97. The minimum absolute atomic E-state index is 0.00852. The van der Waals surface area contributed by atoms with Gasteiger partial charge in [0.05, 0.1) is 17.7 Å². The van der Waals surface area contributed by atoms with Crippen molar-refractivity contribution < 1.29 is 18.3 Å². The third-order valence-electron chi connectivity index (χ3n) is 3.58. The largest absolute Gasteiger partial charge is 0.495 e. The number of benzene rings is 1. The highest BCUT2D eigenvalue weighted by molar-refractivity contribution is 7.89. The van der Waals surface area contributed by atoms with Gasteiger partial charge in [0, 0.05) is 25.8 Å². The number of rotatable bonds is 4. The average Bonchev–Trinajstić information content (AvgIpc) is 2.47. The van der Waals surface area contributed by atoms with Gasteiger partial charge in [-0.15, -0.1) is 0 Å². The predicted octanol–water partition coefficient (Wildman–Crippen LogP) is 0.670. The Bertz CT molecular complexity index is 574. The number of aliphatic hydroxyl groups excluding tert-OH is 1. The first kappa shape index (κ1) is 15.1. The third-order valence-corrected chi connectivity index (χ3v) is 5.44. The minimum atomic E-state index is -3.57. The van der Waals surface area contributed by atoms with Crippen molar-refractivity contribution in [1.82, 2.24) is 4.31 Å². The zero-order valence-corrected chi connectivity index (χ0v) is 12.3. The summed E-state index contributed by atoms with van der Waals surface area (Å²) in [7, 11) is -2.12. The van der Waals surface area contributed by atoms with E-state index in [2.05, 4.69) is 0 Å². The lowest BCUT2D eigenvalue weighted by atomic mass is 10.0. The molecular formula is C13H20N2O4S. The summed E-state index contributed by atoms with van der Waals surface area (Å²) in [5.41, 5.74) is 6.10. The molecule has 3 N–H and O–H groups in total. The molecule has 1 fully saturated rings. The molecule has 7 heteroatoms. The molecule has 1 unspecified atom stereocenters. The molecule has 1 aliphatic heterocycles. The SMILES string of the molecule is COc1cc(S(=O)(=O)N2CCCC(CO)C2)ccc1N. The van der Waals surface area contributed by atoms with Crippen LogP contribution in [-0.2, 0) is 10.0 Å². The molecule has 0 bridgehead atoms. The van der Waals surface area contributed by atoms with E-state index >= 15 is 0 Å². The molecule has 0 spiro atoms. The third kappa shape index (κ3) is 2.89. The number of sulfonamides is 1. The van der Waals surface area contributed by atoms with Crippen LogP contribution in [0.5, 0.6) is 5.75 Å². The summed E-state index contributed by atoms with van der Waals surface area (Å²) < 4.78 is 31.6. The Kier molecular flexibility index (Phi) is 4.52. The van der Waals surface area contributed by atoms with Crippen LogP contribution in [0.15, 0.2) is 23.1 Å². The van der Waals surface area contributed by atoms with Gasteiger partial charge >= 0.3 is 0 Å². The molecule has 2 rings (SSSR count). The van der Waals surface area contributed by atoms with E-state index in [4.69, 9.17) is 10.5 Å². The maximum absolute atomic E-state index is 12.6. The fraction of sp³-hybridized carbons (Fsp3) is 0.538. The van der Waals surface area contributed by atoms with Crippen LogP contribution in [0.2, 0.25) is 0 Å². The molecule has 0 aliphatic carbocycles. The second kappa shape index (κ2) is 5.99. The van der Waals surface area contributed by atoms with Gasteiger partial charge in [0.25, 0.3) is 0 Å². The van der Waals surface area contributed by atoms with E-state index in [1.807, 2.05) is 0 Å². The zero-order valence-electron chi connectivity index (χ0n) is 11.4. The smallest absolute Gasteiger partial charge is 0.243 e. The zero-order chi connectivity index (χ0) is 14.8. The van der Waals surface area contributed by atoms with E-state index in [9.17, 15) is 13.5 Å². The average molecular weight is 300 g/mol. The lowest BCUT2D eigenvalue weighted by Crippen LogP contribution is -2.40. The van der Waals surface area contributed by atoms with E-state index < -0.39 is 10.0 Å². The number of nitrogens with two attached hydrogens (primary N) is 1. The van der Waals surface area contributed by atoms with Crippen LogP contribution >= 0.6 is 0 Å². The molecule has 1 aromatic carbocycles. The van der Waals surface area contributed by atoms with E-state index in [0.717, 1.165) is 12.8 Å². The Morgan fingerprint density at radius 1 is 1.50 bits per heavy atom. The molecule has 0 aromatic heterocycles. The number of nitrogens with zero attached hydrogens (tertiary/aromatic N) is 1. The number of methoxy groups -OCH3 is 1. The summed E-state index contributed by atoms with van der Waals surface area (Å²) in [4.78, 5) is 0.169. The van der Waals surface area contributed by atoms with E-state index in [1.54, 1.807) is 0 Å². The van der Waals surface area contributed by atoms with Crippen molar-refractivity contribution in [3.05, 3.63) is 18.2 Å². The van der Waals surface area contributed by atoms with Crippen molar-refractivity contribution in [1.29, 1.82) is 0 Å². The first-order valence-electron chi connectivity index (χ1n) is 6.53. The van der Waals surface area contributed by atoms with Gasteiger partial charge in [0.2, 0.25) is 10.0 Å². The molecule has 1 aliphatic rings. The van der Waals surface area contributed by atoms with Crippen molar-refractivity contribution in [2.45, 2.75) is 17.7 Å². The van der Waals surface area contributed by atoms with E-state index in [-0.39, 0.29) is 17.4 Å². The summed E-state index contributed by atoms with van der Waals surface area (Å²) in [5.74, 6) is 0.357. The molecule has 6 nitrogen and oxygen atoms in total. The van der Waals surface area contributed by atoms with Crippen LogP contribution < -0.4 is 10.5 Å². The van der Waals surface area contributed by atoms with Crippen LogP contribution in [0.4, 0.5) is 5.69 Å². The van der Waals surface area contributed by atoms with Crippen molar-refractivity contribution in [3.8, 4) is 5.75 Å². The van der Waals surface area contributed by atoms with Gasteiger partial charge in [0.15, 0.2) is 0 Å². The van der Waals surface area contributed by atoms with Crippen molar-refractivity contribution in [2.75, 3.05) is 32.5 Å². The number of ether oxygens (including phenoxy) is 1. The molecule has 1 heterocycles. The standard InChI is InChI=1S/C13H20N2O4S/c1-19-13-7-11(4-5-12(13)14)20(17,18)15-6-2-3-10(8-15)9-16/h4-5,7,10,16H,2-3,6,8-9,14H2,1H3. The first-order chi connectivity index (χ1) is 9.48. The Balaban J connectivity index is 2.30. The Morgan fingerprint density at radius 2 is 2.25 bits per heavy atom. The van der Waals surface area contributed by atoms with Gasteiger partial charge in [-0.3, -0.25) is 0 Å². The van der Waals surface area contributed by atoms with Crippen molar-refractivity contribution >= 4 is 15.7 Å². The molecule has 0 saturated carbocycles. The highest BCUT2D eigenvalue weighted by Crippen LogP contribution is 2.28. The molecule has 20 heavy (non-hydrogen) atoms. The fourth-order valence-electron chi connectivity index (χ4n) is 2.40. The van der Waals surface area contributed by atoms with Crippen molar-refractivity contribution in [2.24, 2.45) is 5.92 Å². The highest BCUT2D eigenvalue weighted by atomic mass is 32.2. The molecule has 1 aromatic rings. The van der Waals surface area contributed by atoms with Crippen LogP contribution in [-0.4, -0.2) is 44.6 Å².